The van der Waals surface area contributed by atoms with E-state index in [0.29, 0.717) is 11.5 Å². The van der Waals surface area contributed by atoms with E-state index >= 15 is 0 Å². The molecule has 2 aromatic rings. The van der Waals surface area contributed by atoms with Crippen LogP contribution in [-0.2, 0) is 5.41 Å². The van der Waals surface area contributed by atoms with Crippen LogP contribution in [0.4, 0.5) is 5.82 Å². The zero-order chi connectivity index (χ0) is 14.9. The van der Waals surface area contributed by atoms with Gasteiger partial charge in [-0.25, -0.2) is 4.98 Å². The van der Waals surface area contributed by atoms with Gasteiger partial charge in [-0.2, -0.15) is 5.10 Å². The van der Waals surface area contributed by atoms with Gasteiger partial charge in [-0.3, -0.25) is 9.89 Å². The second kappa shape index (κ2) is 5.34. The van der Waals surface area contributed by atoms with Crippen molar-refractivity contribution >= 4 is 23.1 Å². The summed E-state index contributed by atoms with van der Waals surface area (Å²) in [5, 5.41) is 12.2. The van der Waals surface area contributed by atoms with Crippen molar-refractivity contribution in [2.24, 2.45) is 5.73 Å². The van der Waals surface area contributed by atoms with Crippen molar-refractivity contribution in [2.75, 3.05) is 5.32 Å². The highest BCUT2D eigenvalue weighted by atomic mass is 32.1. The van der Waals surface area contributed by atoms with Crippen LogP contribution in [-0.4, -0.2) is 21.1 Å². The quantitative estimate of drug-likeness (QED) is 0.809. The molecule has 6 nitrogen and oxygen atoms in total. The minimum Gasteiger partial charge on any atom is -0.322 e. The lowest BCUT2D eigenvalue weighted by molar-refractivity contribution is 0.102. The number of amides is 1. The zero-order valence-electron chi connectivity index (χ0n) is 12.0. The summed E-state index contributed by atoms with van der Waals surface area (Å²) in [7, 11) is 0. The normalized spacial score (nSPS) is 13.2. The van der Waals surface area contributed by atoms with Crippen LogP contribution < -0.4 is 11.1 Å². The van der Waals surface area contributed by atoms with Crippen LogP contribution in [0.15, 0.2) is 11.4 Å². The molecule has 0 aliphatic heterocycles. The number of carbonyl (C=O) groups excluding carboxylic acids is 1. The Morgan fingerprint density at radius 1 is 1.50 bits per heavy atom. The summed E-state index contributed by atoms with van der Waals surface area (Å²) in [6.45, 7) is 8.05. The predicted octanol–water partition coefficient (Wildman–Crippen LogP) is 2.44. The van der Waals surface area contributed by atoms with E-state index in [1.54, 1.807) is 5.38 Å². The SMILES string of the molecule is CC(N)c1nc(C(=O)Nc2cc(C(C)(C)C)[nH]n2)cs1. The Kier molecular flexibility index (Phi) is 3.92. The number of carbonyl (C=O) groups is 1. The van der Waals surface area contributed by atoms with Gasteiger partial charge in [0.05, 0.1) is 6.04 Å². The fourth-order valence-corrected chi connectivity index (χ4v) is 2.31. The molecule has 0 aliphatic rings. The van der Waals surface area contributed by atoms with Gasteiger partial charge < -0.3 is 11.1 Å². The summed E-state index contributed by atoms with van der Waals surface area (Å²) < 4.78 is 0. The standard InChI is InChI=1S/C13H19N5OS/c1-7(14)12-15-8(6-20-12)11(19)16-10-5-9(17-18-10)13(2,3)4/h5-7H,14H2,1-4H3,(H2,16,17,18,19). The van der Waals surface area contributed by atoms with E-state index in [1.165, 1.54) is 11.3 Å². The Hall–Kier alpha value is -1.73. The third-order valence-corrected chi connectivity index (χ3v) is 3.82. The number of nitrogens with zero attached hydrogens (tertiary/aromatic N) is 2. The second-order valence-electron chi connectivity index (χ2n) is 5.73. The molecule has 4 N–H and O–H groups in total. The number of rotatable bonds is 3. The first-order valence-electron chi connectivity index (χ1n) is 6.35. The van der Waals surface area contributed by atoms with Gasteiger partial charge in [0.2, 0.25) is 0 Å². The minimum atomic E-state index is -0.278. The number of thiazole rings is 1. The topological polar surface area (TPSA) is 96.7 Å². The molecule has 2 heterocycles. The Balaban J connectivity index is 2.09. The molecule has 108 valence electrons. The van der Waals surface area contributed by atoms with E-state index in [-0.39, 0.29) is 17.4 Å². The summed E-state index contributed by atoms with van der Waals surface area (Å²) in [5.41, 5.74) is 7.01. The molecule has 2 aromatic heterocycles. The highest BCUT2D eigenvalue weighted by Crippen LogP contribution is 2.22. The van der Waals surface area contributed by atoms with Crippen LogP contribution in [0.25, 0.3) is 0 Å². The maximum atomic E-state index is 12.0. The molecule has 2 rings (SSSR count). The molecule has 7 heteroatoms. The molecule has 0 saturated carbocycles. The predicted molar refractivity (Wildman–Crippen MR) is 80.0 cm³/mol. The summed E-state index contributed by atoms with van der Waals surface area (Å²) in [6, 6.07) is 1.66. The van der Waals surface area contributed by atoms with Crippen LogP contribution in [0, 0.1) is 0 Å². The molecule has 0 fully saturated rings. The molecular weight excluding hydrogens is 274 g/mol. The van der Waals surface area contributed by atoms with E-state index in [1.807, 2.05) is 13.0 Å². The number of hydrogen-bond donors (Lipinski definition) is 3. The first-order valence-corrected chi connectivity index (χ1v) is 7.23. The molecule has 0 radical (unpaired) electrons. The van der Waals surface area contributed by atoms with Crippen molar-refractivity contribution in [1.29, 1.82) is 0 Å². The molecule has 1 atom stereocenters. The third kappa shape index (κ3) is 3.23. The van der Waals surface area contributed by atoms with Gasteiger partial charge in [-0.05, 0) is 6.92 Å². The van der Waals surface area contributed by atoms with E-state index in [2.05, 4.69) is 41.3 Å². The van der Waals surface area contributed by atoms with E-state index < -0.39 is 0 Å². The molecule has 0 spiro atoms. The number of H-pyrrole nitrogens is 1. The first kappa shape index (κ1) is 14.7. The van der Waals surface area contributed by atoms with Crippen molar-refractivity contribution in [3.63, 3.8) is 0 Å². The smallest absolute Gasteiger partial charge is 0.276 e. The van der Waals surface area contributed by atoms with Crippen LogP contribution in [0.1, 0.15) is 54.9 Å². The van der Waals surface area contributed by atoms with Gasteiger partial charge in [-0.15, -0.1) is 11.3 Å². The molecule has 0 aromatic carbocycles. The van der Waals surface area contributed by atoms with Gasteiger partial charge in [0.15, 0.2) is 5.82 Å². The van der Waals surface area contributed by atoms with Gasteiger partial charge in [0, 0.05) is 22.6 Å². The molecule has 0 saturated heterocycles. The average molecular weight is 293 g/mol. The van der Waals surface area contributed by atoms with E-state index in [4.69, 9.17) is 5.73 Å². The summed E-state index contributed by atoms with van der Waals surface area (Å²) >= 11 is 1.38. The van der Waals surface area contributed by atoms with Crippen molar-refractivity contribution in [3.05, 3.63) is 27.8 Å². The molecule has 1 unspecified atom stereocenters. The zero-order valence-corrected chi connectivity index (χ0v) is 12.8. The molecule has 0 bridgehead atoms. The van der Waals surface area contributed by atoms with Gasteiger partial charge in [-0.1, -0.05) is 20.8 Å². The van der Waals surface area contributed by atoms with Gasteiger partial charge in [0.25, 0.3) is 5.91 Å². The number of nitrogens with one attached hydrogen (secondary N) is 2. The average Bonchev–Trinajstić information content (AvgIpc) is 2.95. The maximum Gasteiger partial charge on any atom is 0.276 e. The van der Waals surface area contributed by atoms with Gasteiger partial charge >= 0.3 is 0 Å². The largest absolute Gasteiger partial charge is 0.322 e. The summed E-state index contributed by atoms with van der Waals surface area (Å²) in [4.78, 5) is 16.3. The Morgan fingerprint density at radius 3 is 2.70 bits per heavy atom. The van der Waals surface area contributed by atoms with Crippen molar-refractivity contribution < 1.29 is 4.79 Å². The number of aromatic nitrogens is 3. The highest BCUT2D eigenvalue weighted by Gasteiger charge is 2.18. The Bertz CT molecular complexity index is 608. The Labute approximate surface area is 121 Å². The number of hydrogen-bond acceptors (Lipinski definition) is 5. The number of aromatic amines is 1. The minimum absolute atomic E-state index is 0.0429. The van der Waals surface area contributed by atoms with Crippen molar-refractivity contribution in [3.8, 4) is 0 Å². The lowest BCUT2D eigenvalue weighted by atomic mass is 9.92. The molecular formula is C13H19N5OS. The summed E-state index contributed by atoms with van der Waals surface area (Å²) in [6.07, 6.45) is 0. The van der Waals surface area contributed by atoms with Crippen molar-refractivity contribution in [2.45, 2.75) is 39.2 Å². The molecule has 1 amide bonds. The third-order valence-electron chi connectivity index (χ3n) is 2.77. The van der Waals surface area contributed by atoms with Crippen LogP contribution in [0.2, 0.25) is 0 Å². The highest BCUT2D eigenvalue weighted by molar-refractivity contribution is 7.09. The monoisotopic (exact) mass is 293 g/mol. The summed E-state index contributed by atoms with van der Waals surface area (Å²) in [5.74, 6) is 0.218. The Morgan fingerprint density at radius 2 is 2.20 bits per heavy atom. The number of anilines is 1. The van der Waals surface area contributed by atoms with Crippen molar-refractivity contribution in [1.82, 2.24) is 15.2 Å². The fraction of sp³-hybridized carbons (Fsp3) is 0.462. The second-order valence-corrected chi connectivity index (χ2v) is 6.62. The lowest BCUT2D eigenvalue weighted by Crippen LogP contribution is -2.13. The first-order chi connectivity index (χ1) is 9.27. The molecule has 0 aliphatic carbocycles. The van der Waals surface area contributed by atoms with E-state index in [0.717, 1.165) is 10.7 Å². The molecule has 20 heavy (non-hydrogen) atoms. The van der Waals surface area contributed by atoms with Crippen LogP contribution in [0.3, 0.4) is 0 Å². The maximum absolute atomic E-state index is 12.0. The lowest BCUT2D eigenvalue weighted by Gasteiger charge is -2.14. The fourth-order valence-electron chi connectivity index (χ4n) is 1.55. The van der Waals surface area contributed by atoms with E-state index in [9.17, 15) is 4.79 Å². The van der Waals surface area contributed by atoms with Crippen LogP contribution >= 0.6 is 11.3 Å². The van der Waals surface area contributed by atoms with Gasteiger partial charge in [0.1, 0.15) is 10.7 Å². The van der Waals surface area contributed by atoms with Crippen LogP contribution in [0.5, 0.6) is 0 Å². The number of nitrogens with two attached hydrogens (primary N) is 1.